The molecular weight excluding hydrogens is 220 g/mol. The van der Waals surface area contributed by atoms with Crippen LogP contribution in [0.4, 0.5) is 0 Å². The van der Waals surface area contributed by atoms with E-state index in [1.54, 1.807) is 0 Å². The van der Waals surface area contributed by atoms with Crippen LogP contribution in [0.15, 0.2) is 0 Å². The number of halogens is 1. The van der Waals surface area contributed by atoms with Crippen molar-refractivity contribution in [2.24, 2.45) is 11.8 Å². The highest BCUT2D eigenvalue weighted by Gasteiger charge is 2.18. The van der Waals surface area contributed by atoms with Crippen LogP contribution in [0.2, 0.25) is 0 Å². The Morgan fingerprint density at radius 2 is 1.94 bits per heavy atom. The second kappa shape index (κ2) is 7.52. The van der Waals surface area contributed by atoms with Crippen molar-refractivity contribution in [3.63, 3.8) is 0 Å². The third kappa shape index (κ3) is 4.60. The number of hydrogen-bond acceptors (Lipinski definition) is 2. The smallest absolute Gasteiger partial charge is 0.000703 e. The number of nitrogens with one attached hydrogen (secondary N) is 1. The van der Waals surface area contributed by atoms with Crippen molar-refractivity contribution in [2.45, 2.75) is 39.0 Å². The SMILES string of the molecule is CC1CCCN(CCC2CCNCC2)C1.Cl. The van der Waals surface area contributed by atoms with E-state index in [1.807, 2.05) is 0 Å². The van der Waals surface area contributed by atoms with E-state index in [0.717, 1.165) is 11.8 Å². The molecule has 0 aromatic rings. The Morgan fingerprint density at radius 3 is 2.62 bits per heavy atom. The molecular formula is C13H27ClN2. The van der Waals surface area contributed by atoms with Gasteiger partial charge in [0.2, 0.25) is 0 Å². The molecule has 0 aromatic carbocycles. The van der Waals surface area contributed by atoms with Crippen LogP contribution in [0.5, 0.6) is 0 Å². The van der Waals surface area contributed by atoms with Crippen LogP contribution in [0.1, 0.15) is 39.0 Å². The summed E-state index contributed by atoms with van der Waals surface area (Å²) in [5.41, 5.74) is 0. The Hall–Kier alpha value is 0.210. The Bertz CT molecular complexity index is 181. The Kier molecular flexibility index (Phi) is 6.71. The molecule has 2 aliphatic heterocycles. The van der Waals surface area contributed by atoms with Crippen molar-refractivity contribution in [1.29, 1.82) is 0 Å². The zero-order chi connectivity index (χ0) is 10.5. The van der Waals surface area contributed by atoms with Crippen LogP contribution < -0.4 is 5.32 Å². The summed E-state index contributed by atoms with van der Waals surface area (Å²) in [4.78, 5) is 2.69. The molecule has 2 rings (SSSR count). The summed E-state index contributed by atoms with van der Waals surface area (Å²) < 4.78 is 0. The lowest BCUT2D eigenvalue weighted by Gasteiger charge is -2.32. The molecule has 1 atom stereocenters. The number of rotatable bonds is 3. The first-order valence-electron chi connectivity index (χ1n) is 6.77. The number of likely N-dealkylation sites (tertiary alicyclic amines) is 1. The van der Waals surface area contributed by atoms with Gasteiger partial charge in [-0.05, 0) is 70.1 Å². The third-order valence-electron chi connectivity index (χ3n) is 4.05. The summed E-state index contributed by atoms with van der Waals surface area (Å²) >= 11 is 0. The fraction of sp³-hybridized carbons (Fsp3) is 1.00. The molecule has 0 amide bonds. The summed E-state index contributed by atoms with van der Waals surface area (Å²) in [6.07, 6.45) is 7.12. The van der Waals surface area contributed by atoms with Crippen molar-refractivity contribution < 1.29 is 0 Å². The summed E-state index contributed by atoms with van der Waals surface area (Å²) in [6.45, 7) is 8.97. The predicted molar refractivity (Wildman–Crippen MR) is 72.3 cm³/mol. The average Bonchev–Trinajstić information content (AvgIpc) is 2.28. The molecule has 2 aliphatic rings. The second-order valence-electron chi connectivity index (χ2n) is 5.53. The molecule has 0 spiro atoms. The first-order chi connectivity index (χ1) is 7.34. The van der Waals surface area contributed by atoms with Gasteiger partial charge in [-0.15, -0.1) is 12.4 Å². The van der Waals surface area contributed by atoms with Crippen LogP contribution >= 0.6 is 12.4 Å². The maximum absolute atomic E-state index is 3.45. The van der Waals surface area contributed by atoms with Crippen molar-refractivity contribution >= 4 is 12.4 Å². The summed E-state index contributed by atoms with van der Waals surface area (Å²) in [6, 6.07) is 0. The van der Waals surface area contributed by atoms with Gasteiger partial charge in [0.25, 0.3) is 0 Å². The highest BCUT2D eigenvalue weighted by Crippen LogP contribution is 2.19. The Balaban J connectivity index is 0.00000128. The van der Waals surface area contributed by atoms with E-state index in [0.29, 0.717) is 0 Å². The van der Waals surface area contributed by atoms with Crippen LogP contribution in [-0.4, -0.2) is 37.6 Å². The van der Waals surface area contributed by atoms with Crippen molar-refractivity contribution in [1.82, 2.24) is 10.2 Å². The Labute approximate surface area is 107 Å². The van der Waals surface area contributed by atoms with E-state index >= 15 is 0 Å². The number of piperidine rings is 2. The van der Waals surface area contributed by atoms with E-state index in [9.17, 15) is 0 Å². The van der Waals surface area contributed by atoms with Gasteiger partial charge in [0.15, 0.2) is 0 Å². The van der Waals surface area contributed by atoms with Gasteiger partial charge in [0, 0.05) is 6.54 Å². The normalized spacial score (nSPS) is 28.7. The third-order valence-corrected chi connectivity index (χ3v) is 4.05. The van der Waals surface area contributed by atoms with E-state index in [4.69, 9.17) is 0 Å². The maximum Gasteiger partial charge on any atom is 0.000703 e. The second-order valence-corrected chi connectivity index (χ2v) is 5.53. The summed E-state index contributed by atoms with van der Waals surface area (Å²) in [5, 5.41) is 3.45. The highest BCUT2D eigenvalue weighted by molar-refractivity contribution is 5.85. The monoisotopic (exact) mass is 246 g/mol. The minimum atomic E-state index is 0. The topological polar surface area (TPSA) is 15.3 Å². The summed E-state index contributed by atoms with van der Waals surface area (Å²) in [7, 11) is 0. The fourth-order valence-corrected chi connectivity index (χ4v) is 3.03. The molecule has 0 saturated carbocycles. The van der Waals surface area contributed by atoms with Gasteiger partial charge in [0.05, 0.1) is 0 Å². The van der Waals surface area contributed by atoms with Crippen molar-refractivity contribution in [3.8, 4) is 0 Å². The maximum atomic E-state index is 3.45. The van der Waals surface area contributed by atoms with Crippen LogP contribution in [-0.2, 0) is 0 Å². The number of nitrogens with zero attached hydrogens (tertiary/aromatic N) is 1. The van der Waals surface area contributed by atoms with Crippen LogP contribution in [0.3, 0.4) is 0 Å². The first-order valence-corrected chi connectivity index (χ1v) is 6.77. The van der Waals surface area contributed by atoms with Crippen molar-refractivity contribution in [3.05, 3.63) is 0 Å². The van der Waals surface area contributed by atoms with Gasteiger partial charge in [-0.2, -0.15) is 0 Å². The molecule has 2 heterocycles. The van der Waals surface area contributed by atoms with Gasteiger partial charge >= 0.3 is 0 Å². The quantitative estimate of drug-likeness (QED) is 0.824. The van der Waals surface area contributed by atoms with Gasteiger partial charge in [-0.25, -0.2) is 0 Å². The molecule has 2 fully saturated rings. The molecule has 2 nitrogen and oxygen atoms in total. The molecule has 0 aliphatic carbocycles. The predicted octanol–water partition coefficient (Wildman–Crippen LogP) is 2.53. The lowest BCUT2D eigenvalue weighted by atomic mass is 9.93. The van der Waals surface area contributed by atoms with Gasteiger partial charge < -0.3 is 10.2 Å². The minimum Gasteiger partial charge on any atom is -0.317 e. The molecule has 0 bridgehead atoms. The minimum absolute atomic E-state index is 0. The van der Waals surface area contributed by atoms with Gasteiger partial charge in [-0.1, -0.05) is 6.92 Å². The lowest BCUT2D eigenvalue weighted by molar-refractivity contribution is 0.167. The zero-order valence-electron chi connectivity index (χ0n) is 10.6. The zero-order valence-corrected chi connectivity index (χ0v) is 11.4. The largest absolute Gasteiger partial charge is 0.317 e. The van der Waals surface area contributed by atoms with Crippen LogP contribution in [0, 0.1) is 11.8 Å². The van der Waals surface area contributed by atoms with E-state index < -0.39 is 0 Å². The summed E-state index contributed by atoms with van der Waals surface area (Å²) in [5.74, 6) is 1.94. The van der Waals surface area contributed by atoms with E-state index in [-0.39, 0.29) is 12.4 Å². The highest BCUT2D eigenvalue weighted by atomic mass is 35.5. The molecule has 0 aromatic heterocycles. The fourth-order valence-electron chi connectivity index (χ4n) is 3.03. The van der Waals surface area contributed by atoms with E-state index in [2.05, 4.69) is 17.1 Å². The molecule has 3 heteroatoms. The van der Waals surface area contributed by atoms with Crippen molar-refractivity contribution in [2.75, 3.05) is 32.7 Å². The molecule has 96 valence electrons. The molecule has 2 saturated heterocycles. The molecule has 0 radical (unpaired) electrons. The lowest BCUT2D eigenvalue weighted by Crippen LogP contribution is -2.36. The number of hydrogen-bond donors (Lipinski definition) is 1. The molecule has 1 N–H and O–H groups in total. The molecule has 1 unspecified atom stereocenters. The van der Waals surface area contributed by atoms with Crippen LogP contribution in [0.25, 0.3) is 0 Å². The standard InChI is InChI=1S/C13H26N2.ClH/c1-12-3-2-9-15(11-12)10-6-13-4-7-14-8-5-13;/h12-14H,2-11H2,1H3;1H. The first kappa shape index (κ1) is 14.3. The molecule has 16 heavy (non-hydrogen) atoms. The average molecular weight is 247 g/mol. The van der Waals surface area contributed by atoms with E-state index in [1.165, 1.54) is 64.8 Å². The Morgan fingerprint density at radius 1 is 1.19 bits per heavy atom. The van der Waals surface area contributed by atoms with Gasteiger partial charge in [0.1, 0.15) is 0 Å². The van der Waals surface area contributed by atoms with Gasteiger partial charge in [-0.3, -0.25) is 0 Å².